The molecule has 1 amide bonds. The molecule has 0 unspecified atom stereocenters. The van der Waals surface area contributed by atoms with Crippen molar-refractivity contribution in [2.24, 2.45) is 0 Å². The number of rotatable bonds is 4. The van der Waals surface area contributed by atoms with Gasteiger partial charge < -0.3 is 24.3 Å². The summed E-state index contributed by atoms with van der Waals surface area (Å²) >= 11 is 3.42. The van der Waals surface area contributed by atoms with Gasteiger partial charge in [-0.05, 0) is 51.6 Å². The van der Waals surface area contributed by atoms with Crippen molar-refractivity contribution in [3.63, 3.8) is 0 Å². The van der Waals surface area contributed by atoms with Gasteiger partial charge in [-0.3, -0.25) is 4.79 Å². The third-order valence-corrected chi connectivity index (χ3v) is 5.00. The molecule has 0 radical (unpaired) electrons. The summed E-state index contributed by atoms with van der Waals surface area (Å²) in [4.78, 5) is 13.0. The van der Waals surface area contributed by atoms with Crippen LogP contribution in [0.1, 0.15) is 10.4 Å². The van der Waals surface area contributed by atoms with Gasteiger partial charge in [-0.1, -0.05) is 12.1 Å². The fourth-order valence-corrected chi connectivity index (χ4v) is 3.57. The summed E-state index contributed by atoms with van der Waals surface area (Å²) in [6.07, 6.45) is 0. The van der Waals surface area contributed by atoms with Gasteiger partial charge in [-0.15, -0.1) is 0 Å². The number of carbonyl (C=O) groups excluding carboxylic acids is 1. The second-order valence-electron chi connectivity index (χ2n) is 5.84. The summed E-state index contributed by atoms with van der Waals surface area (Å²) in [6.45, 7) is 0.196. The van der Waals surface area contributed by atoms with Gasteiger partial charge in [0.25, 0.3) is 5.91 Å². The van der Waals surface area contributed by atoms with E-state index in [1.165, 1.54) is 14.2 Å². The van der Waals surface area contributed by atoms with Crippen molar-refractivity contribution in [1.82, 2.24) is 0 Å². The molecule has 1 N–H and O–H groups in total. The number of hydrogen-bond donors (Lipinski definition) is 1. The maximum Gasteiger partial charge on any atom is 0.260 e. The Morgan fingerprint density at radius 2 is 1.85 bits per heavy atom. The molecule has 3 aromatic carbocycles. The lowest BCUT2D eigenvalue weighted by Crippen LogP contribution is -2.14. The summed E-state index contributed by atoms with van der Waals surface area (Å²) in [6, 6.07) is 12.9. The lowest BCUT2D eigenvalue weighted by atomic mass is 10.1. The van der Waals surface area contributed by atoms with E-state index in [2.05, 4.69) is 21.2 Å². The highest BCUT2D eigenvalue weighted by atomic mass is 79.9. The first-order valence-electron chi connectivity index (χ1n) is 8.16. The summed E-state index contributed by atoms with van der Waals surface area (Å²) in [7, 11) is 3.03. The van der Waals surface area contributed by atoms with E-state index in [-0.39, 0.29) is 12.7 Å². The average molecular weight is 430 g/mol. The average Bonchev–Trinajstić information content (AvgIpc) is 3.13. The molecule has 7 heteroatoms. The van der Waals surface area contributed by atoms with Crippen LogP contribution < -0.4 is 24.3 Å². The Labute approximate surface area is 164 Å². The number of methoxy groups -OCH3 is 2. The molecule has 27 heavy (non-hydrogen) atoms. The molecule has 138 valence electrons. The van der Waals surface area contributed by atoms with Crippen LogP contribution in [0.3, 0.4) is 0 Å². The summed E-state index contributed by atoms with van der Waals surface area (Å²) in [5.41, 5.74) is 1.02. The predicted octanol–water partition coefficient (Wildman–Crippen LogP) is 4.60. The molecule has 0 aromatic heterocycles. The SMILES string of the molecule is COc1ccc(Br)c(C(=O)Nc2cccc3cc4c(cc23)OCO4)c1OC. The van der Waals surface area contributed by atoms with E-state index in [1.807, 2.05) is 30.3 Å². The number of nitrogens with one attached hydrogen (secondary N) is 1. The molecule has 0 fully saturated rings. The predicted molar refractivity (Wildman–Crippen MR) is 105 cm³/mol. The molecular formula is C20H16BrNO5. The van der Waals surface area contributed by atoms with Crippen LogP contribution in [-0.2, 0) is 0 Å². The first-order valence-corrected chi connectivity index (χ1v) is 8.96. The van der Waals surface area contributed by atoms with Crippen molar-refractivity contribution in [3.05, 3.63) is 52.5 Å². The van der Waals surface area contributed by atoms with E-state index >= 15 is 0 Å². The number of ether oxygens (including phenoxy) is 4. The molecule has 0 saturated carbocycles. The molecule has 3 aromatic rings. The Hall–Kier alpha value is -2.93. The van der Waals surface area contributed by atoms with Crippen molar-refractivity contribution in [1.29, 1.82) is 0 Å². The molecule has 0 aliphatic carbocycles. The molecule has 6 nitrogen and oxygen atoms in total. The molecule has 0 atom stereocenters. The zero-order chi connectivity index (χ0) is 19.0. The largest absolute Gasteiger partial charge is 0.493 e. The van der Waals surface area contributed by atoms with Crippen LogP contribution in [0.4, 0.5) is 5.69 Å². The Kier molecular flexibility index (Phi) is 4.53. The molecule has 0 spiro atoms. The highest BCUT2D eigenvalue weighted by Crippen LogP contribution is 2.40. The zero-order valence-electron chi connectivity index (χ0n) is 14.7. The molecule has 1 heterocycles. The van der Waals surface area contributed by atoms with Crippen LogP contribution in [0.5, 0.6) is 23.0 Å². The highest BCUT2D eigenvalue weighted by molar-refractivity contribution is 9.10. The number of fused-ring (bicyclic) bond motifs is 2. The second-order valence-corrected chi connectivity index (χ2v) is 6.70. The first kappa shape index (κ1) is 17.5. The van der Waals surface area contributed by atoms with Crippen LogP contribution in [0.15, 0.2) is 46.9 Å². The van der Waals surface area contributed by atoms with Gasteiger partial charge in [0, 0.05) is 15.5 Å². The third-order valence-electron chi connectivity index (χ3n) is 4.34. The zero-order valence-corrected chi connectivity index (χ0v) is 16.3. The van der Waals surface area contributed by atoms with Gasteiger partial charge in [0.2, 0.25) is 6.79 Å². The van der Waals surface area contributed by atoms with Gasteiger partial charge >= 0.3 is 0 Å². The number of amides is 1. The fraction of sp³-hybridized carbons (Fsp3) is 0.150. The number of carbonyl (C=O) groups is 1. The van der Waals surface area contributed by atoms with Crippen LogP contribution >= 0.6 is 15.9 Å². The maximum absolute atomic E-state index is 13.0. The maximum atomic E-state index is 13.0. The lowest BCUT2D eigenvalue weighted by Gasteiger charge is -2.15. The van der Waals surface area contributed by atoms with Crippen molar-refractivity contribution in [2.45, 2.75) is 0 Å². The fourth-order valence-electron chi connectivity index (χ4n) is 3.07. The Morgan fingerprint density at radius 1 is 1.07 bits per heavy atom. The van der Waals surface area contributed by atoms with Crippen LogP contribution in [0.25, 0.3) is 10.8 Å². The second kappa shape index (κ2) is 7.00. The van der Waals surface area contributed by atoms with Crippen molar-refractivity contribution in [3.8, 4) is 23.0 Å². The molecule has 0 saturated heterocycles. The monoisotopic (exact) mass is 429 g/mol. The summed E-state index contributed by atoms with van der Waals surface area (Å²) in [5, 5.41) is 4.75. The van der Waals surface area contributed by atoms with Gasteiger partial charge in [0.15, 0.2) is 23.0 Å². The highest BCUT2D eigenvalue weighted by Gasteiger charge is 2.22. The Balaban J connectivity index is 1.76. The number of benzene rings is 3. The smallest absolute Gasteiger partial charge is 0.260 e. The minimum atomic E-state index is -0.317. The van der Waals surface area contributed by atoms with Gasteiger partial charge in [0.05, 0.1) is 19.8 Å². The molecule has 4 rings (SSSR count). The van der Waals surface area contributed by atoms with E-state index in [0.717, 1.165) is 10.8 Å². The standard InChI is InChI=1S/C20H16BrNO5/c1-24-15-7-6-13(21)18(19(15)25-2)20(23)22-14-5-3-4-11-8-16-17(9-12(11)14)27-10-26-16/h3-9H,10H2,1-2H3,(H,22,23). The Bertz CT molecular complexity index is 1050. The van der Waals surface area contributed by atoms with Crippen LogP contribution in [0, 0.1) is 0 Å². The van der Waals surface area contributed by atoms with E-state index in [9.17, 15) is 4.79 Å². The van der Waals surface area contributed by atoms with Gasteiger partial charge in [-0.25, -0.2) is 0 Å². The third kappa shape index (κ3) is 3.04. The summed E-state index contributed by atoms with van der Waals surface area (Å²) in [5.74, 6) is 1.88. The van der Waals surface area contributed by atoms with Gasteiger partial charge in [-0.2, -0.15) is 0 Å². The number of halogens is 1. The number of hydrogen-bond acceptors (Lipinski definition) is 5. The van der Waals surface area contributed by atoms with Crippen molar-refractivity contribution >= 4 is 38.3 Å². The topological polar surface area (TPSA) is 66.0 Å². The molecule has 1 aliphatic heterocycles. The molecule has 0 bridgehead atoms. The summed E-state index contributed by atoms with van der Waals surface area (Å²) < 4.78 is 22.2. The van der Waals surface area contributed by atoms with Crippen molar-refractivity contribution < 1.29 is 23.7 Å². The van der Waals surface area contributed by atoms with Crippen molar-refractivity contribution in [2.75, 3.05) is 26.3 Å². The lowest BCUT2D eigenvalue weighted by molar-refractivity contribution is 0.102. The normalized spacial score (nSPS) is 12.1. The minimum Gasteiger partial charge on any atom is -0.493 e. The van der Waals surface area contributed by atoms with E-state index < -0.39 is 0 Å². The van der Waals surface area contributed by atoms with E-state index in [1.54, 1.807) is 12.1 Å². The van der Waals surface area contributed by atoms with Crippen LogP contribution in [0.2, 0.25) is 0 Å². The number of anilines is 1. The first-order chi connectivity index (χ1) is 13.1. The minimum absolute atomic E-state index is 0.196. The molecular weight excluding hydrogens is 414 g/mol. The van der Waals surface area contributed by atoms with E-state index in [0.29, 0.717) is 38.7 Å². The van der Waals surface area contributed by atoms with E-state index in [4.69, 9.17) is 18.9 Å². The van der Waals surface area contributed by atoms with Crippen LogP contribution in [-0.4, -0.2) is 26.9 Å². The molecule has 1 aliphatic rings. The van der Waals surface area contributed by atoms with Gasteiger partial charge in [0.1, 0.15) is 0 Å². The Morgan fingerprint density at radius 3 is 2.59 bits per heavy atom. The quantitative estimate of drug-likeness (QED) is 0.656.